The van der Waals surface area contributed by atoms with Gasteiger partial charge in [-0.3, -0.25) is 9.59 Å². The quantitative estimate of drug-likeness (QED) is 0.156. The summed E-state index contributed by atoms with van der Waals surface area (Å²) in [7, 11) is 0. The molecule has 6 rings (SSSR count). The maximum absolute atomic E-state index is 13.1. The van der Waals surface area contributed by atoms with Gasteiger partial charge in [-0.1, -0.05) is 89.9 Å². The predicted molar refractivity (Wildman–Crippen MR) is 154 cm³/mol. The third-order valence-corrected chi connectivity index (χ3v) is 7.60. The third kappa shape index (κ3) is 4.41. The van der Waals surface area contributed by atoms with Gasteiger partial charge in [-0.15, -0.1) is 0 Å². The molecule has 0 bridgehead atoms. The number of carbonyl (C=O) groups is 3. The van der Waals surface area contributed by atoms with Gasteiger partial charge in [0.05, 0.1) is 5.56 Å². The Labute approximate surface area is 240 Å². The van der Waals surface area contributed by atoms with Gasteiger partial charge in [-0.25, -0.2) is 4.79 Å². The highest BCUT2D eigenvalue weighted by atomic mass is 35.5. The average molecular weight is 563 g/mol. The summed E-state index contributed by atoms with van der Waals surface area (Å²) in [5, 5.41) is 1.10. The van der Waals surface area contributed by atoms with Gasteiger partial charge in [0, 0.05) is 49.0 Å². The molecule has 5 aromatic rings. The molecule has 0 radical (unpaired) electrons. The minimum atomic E-state index is -1.25. The molecule has 1 heterocycles. The minimum Gasteiger partial charge on any atom is -0.441 e. The SMILES string of the molecule is O=C(c1ccc(Cl)cc1)c1ccc(C2(c3ccc(C(=O)c4ccc(Cl)cc4)cc3)OC(=O)c3ccccc32)cc1. The van der Waals surface area contributed by atoms with E-state index >= 15 is 0 Å². The first kappa shape index (κ1) is 25.8. The van der Waals surface area contributed by atoms with Crippen LogP contribution in [0.3, 0.4) is 0 Å². The van der Waals surface area contributed by atoms with E-state index in [9.17, 15) is 14.4 Å². The number of ether oxygens (including phenoxy) is 1. The molecule has 0 N–H and O–H groups in total. The summed E-state index contributed by atoms with van der Waals surface area (Å²) < 4.78 is 6.15. The van der Waals surface area contributed by atoms with E-state index in [1.165, 1.54) is 0 Å². The Bertz CT molecular complexity index is 1650. The predicted octanol–water partition coefficient (Wildman–Crippen LogP) is 7.92. The van der Waals surface area contributed by atoms with Crippen LogP contribution in [0.2, 0.25) is 10.0 Å². The topological polar surface area (TPSA) is 60.4 Å². The standard InChI is InChI=1S/C34H20Cl2O4/c35-27-17-9-23(10-18-27)31(37)21-5-13-25(14-6-21)34(30-4-2-1-3-29(30)33(39)40-34)26-15-7-22(8-16-26)32(38)24-11-19-28(36)20-12-24/h1-20H. The Balaban J connectivity index is 1.41. The number of fused-ring (bicyclic) bond motifs is 1. The summed E-state index contributed by atoms with van der Waals surface area (Å²) >= 11 is 11.9. The van der Waals surface area contributed by atoms with E-state index in [1.807, 2.05) is 12.1 Å². The van der Waals surface area contributed by atoms with Crippen LogP contribution in [-0.2, 0) is 10.3 Å². The van der Waals surface area contributed by atoms with E-state index in [-0.39, 0.29) is 11.6 Å². The van der Waals surface area contributed by atoms with Crippen molar-refractivity contribution in [3.05, 3.63) is 176 Å². The summed E-state index contributed by atoms with van der Waals surface area (Å²) in [6.45, 7) is 0. The normalized spacial score (nSPS) is 13.4. The second-order valence-electron chi connectivity index (χ2n) is 9.44. The zero-order valence-corrected chi connectivity index (χ0v) is 22.4. The molecule has 5 aromatic carbocycles. The van der Waals surface area contributed by atoms with E-state index in [0.29, 0.717) is 54.6 Å². The average Bonchev–Trinajstić information content (AvgIpc) is 3.30. The molecule has 0 aliphatic carbocycles. The first-order valence-electron chi connectivity index (χ1n) is 12.5. The lowest BCUT2D eigenvalue weighted by atomic mass is 9.79. The number of cyclic esters (lactones) is 1. The molecule has 40 heavy (non-hydrogen) atoms. The molecule has 0 saturated heterocycles. The van der Waals surface area contributed by atoms with E-state index in [2.05, 4.69) is 0 Å². The molecule has 0 spiro atoms. The van der Waals surface area contributed by atoms with E-state index in [1.54, 1.807) is 109 Å². The Morgan fingerprint density at radius 1 is 0.525 bits per heavy atom. The van der Waals surface area contributed by atoms with Crippen molar-refractivity contribution in [2.24, 2.45) is 0 Å². The minimum absolute atomic E-state index is 0.147. The van der Waals surface area contributed by atoms with Crippen LogP contribution in [0, 0.1) is 0 Å². The van der Waals surface area contributed by atoms with Gasteiger partial charge < -0.3 is 4.74 Å². The second kappa shape index (κ2) is 10.2. The second-order valence-corrected chi connectivity index (χ2v) is 10.3. The number of carbonyl (C=O) groups excluding carboxylic acids is 3. The molecule has 6 heteroatoms. The number of ketones is 2. The summed E-state index contributed by atoms with van der Waals surface area (Å²) in [5.74, 6) is -0.740. The van der Waals surface area contributed by atoms with Crippen LogP contribution in [0.1, 0.15) is 58.9 Å². The fourth-order valence-electron chi connectivity index (χ4n) is 5.06. The fraction of sp³-hybridized carbons (Fsp3) is 0.0294. The van der Waals surface area contributed by atoms with Crippen LogP contribution in [0.5, 0.6) is 0 Å². The Hall–Kier alpha value is -4.51. The van der Waals surface area contributed by atoms with Crippen LogP contribution in [0.4, 0.5) is 0 Å². The number of rotatable bonds is 6. The molecule has 4 nitrogen and oxygen atoms in total. The van der Waals surface area contributed by atoms with Gasteiger partial charge in [-0.05, 0) is 54.6 Å². The lowest BCUT2D eigenvalue weighted by molar-refractivity contribution is 0.0251. The van der Waals surface area contributed by atoms with Crippen molar-refractivity contribution in [3.8, 4) is 0 Å². The lowest BCUT2D eigenvalue weighted by Gasteiger charge is -2.30. The molecule has 0 atom stereocenters. The summed E-state index contributed by atoms with van der Waals surface area (Å²) in [4.78, 5) is 39.2. The van der Waals surface area contributed by atoms with Gasteiger partial charge in [-0.2, -0.15) is 0 Å². The number of hydrogen-bond donors (Lipinski definition) is 0. The first-order valence-corrected chi connectivity index (χ1v) is 13.3. The van der Waals surface area contributed by atoms with Crippen LogP contribution in [0.25, 0.3) is 0 Å². The van der Waals surface area contributed by atoms with E-state index in [4.69, 9.17) is 27.9 Å². The fourth-order valence-corrected chi connectivity index (χ4v) is 5.31. The Morgan fingerprint density at radius 3 is 1.32 bits per heavy atom. The first-order chi connectivity index (χ1) is 19.4. The zero-order valence-electron chi connectivity index (χ0n) is 20.9. The van der Waals surface area contributed by atoms with Crippen molar-refractivity contribution in [1.82, 2.24) is 0 Å². The van der Waals surface area contributed by atoms with E-state index < -0.39 is 11.6 Å². The highest BCUT2D eigenvalue weighted by Crippen LogP contribution is 2.47. The van der Waals surface area contributed by atoms with Crippen LogP contribution >= 0.6 is 23.2 Å². The molecule has 194 valence electrons. The van der Waals surface area contributed by atoms with Gasteiger partial charge in [0.1, 0.15) is 0 Å². The monoisotopic (exact) mass is 562 g/mol. The van der Waals surface area contributed by atoms with Crippen molar-refractivity contribution in [1.29, 1.82) is 0 Å². The largest absolute Gasteiger partial charge is 0.441 e. The van der Waals surface area contributed by atoms with Gasteiger partial charge in [0.2, 0.25) is 0 Å². The summed E-state index contributed by atoms with van der Waals surface area (Å²) in [5.41, 5.74) is 3.27. The van der Waals surface area contributed by atoms with Crippen LogP contribution in [0.15, 0.2) is 121 Å². The Kier molecular flexibility index (Phi) is 6.59. The van der Waals surface area contributed by atoms with Crippen molar-refractivity contribution < 1.29 is 19.1 Å². The molecule has 0 aromatic heterocycles. The summed E-state index contributed by atoms with van der Waals surface area (Å²) in [6, 6.07) is 34.7. The number of hydrogen-bond acceptors (Lipinski definition) is 4. The molecule has 0 amide bonds. The third-order valence-electron chi connectivity index (χ3n) is 7.09. The smallest absolute Gasteiger partial charge is 0.340 e. The lowest BCUT2D eigenvalue weighted by Crippen LogP contribution is -2.29. The molecule has 1 aliphatic rings. The van der Waals surface area contributed by atoms with Crippen molar-refractivity contribution in [2.75, 3.05) is 0 Å². The molecular weight excluding hydrogens is 543 g/mol. The number of halogens is 2. The van der Waals surface area contributed by atoms with Crippen LogP contribution < -0.4 is 0 Å². The van der Waals surface area contributed by atoms with Gasteiger partial charge in [0.25, 0.3) is 0 Å². The van der Waals surface area contributed by atoms with Crippen molar-refractivity contribution >= 4 is 40.7 Å². The highest BCUT2D eigenvalue weighted by Gasteiger charge is 2.48. The molecular formula is C34H20Cl2O4. The zero-order chi connectivity index (χ0) is 27.9. The summed E-state index contributed by atoms with van der Waals surface area (Å²) in [6.07, 6.45) is 0. The molecule has 0 fully saturated rings. The number of benzene rings is 5. The maximum Gasteiger partial charge on any atom is 0.340 e. The Morgan fingerprint density at radius 2 is 0.900 bits per heavy atom. The highest BCUT2D eigenvalue weighted by molar-refractivity contribution is 6.31. The molecule has 0 unspecified atom stereocenters. The van der Waals surface area contributed by atoms with Crippen molar-refractivity contribution in [3.63, 3.8) is 0 Å². The van der Waals surface area contributed by atoms with E-state index in [0.717, 1.165) is 0 Å². The molecule has 1 aliphatic heterocycles. The van der Waals surface area contributed by atoms with Crippen molar-refractivity contribution in [2.45, 2.75) is 5.60 Å². The van der Waals surface area contributed by atoms with Gasteiger partial charge in [0.15, 0.2) is 17.2 Å². The van der Waals surface area contributed by atoms with Crippen LogP contribution in [-0.4, -0.2) is 17.5 Å². The molecule has 0 saturated carbocycles. The maximum atomic E-state index is 13.1. The number of esters is 1. The van der Waals surface area contributed by atoms with Gasteiger partial charge >= 0.3 is 5.97 Å².